The van der Waals surface area contributed by atoms with E-state index in [-0.39, 0.29) is 0 Å². The number of aromatic nitrogens is 1. The number of nitriles is 1. The number of halogens is 1. The lowest BCUT2D eigenvalue weighted by atomic mass is 9.94. The molecule has 2 aliphatic rings. The van der Waals surface area contributed by atoms with Gasteiger partial charge in [-0.1, -0.05) is 30.9 Å². The van der Waals surface area contributed by atoms with E-state index in [1.54, 1.807) is 12.3 Å². The monoisotopic (exact) mass is 304 g/mol. The van der Waals surface area contributed by atoms with Gasteiger partial charge >= 0.3 is 0 Å². The van der Waals surface area contributed by atoms with E-state index >= 15 is 0 Å². The molecule has 0 N–H and O–H groups in total. The van der Waals surface area contributed by atoms with Gasteiger partial charge in [-0.2, -0.15) is 5.26 Å². The molecule has 112 valence electrons. The number of nitrogens with zero attached hydrogens (tertiary/aromatic N) is 4. The molecule has 0 aromatic carbocycles. The summed E-state index contributed by atoms with van der Waals surface area (Å²) in [7, 11) is 0. The fraction of sp³-hybridized carbons (Fsp3) is 0.625. The molecule has 4 nitrogen and oxygen atoms in total. The maximum atomic E-state index is 8.87. The number of piperazine rings is 1. The summed E-state index contributed by atoms with van der Waals surface area (Å²) < 4.78 is 0. The molecule has 21 heavy (non-hydrogen) atoms. The van der Waals surface area contributed by atoms with Gasteiger partial charge in [0.1, 0.15) is 11.9 Å². The first-order valence-corrected chi connectivity index (χ1v) is 8.20. The van der Waals surface area contributed by atoms with E-state index in [0.29, 0.717) is 10.6 Å². The molecule has 0 radical (unpaired) electrons. The molecule has 0 unspecified atom stereocenters. The molecule has 1 aliphatic carbocycles. The highest BCUT2D eigenvalue weighted by atomic mass is 35.5. The Morgan fingerprint density at radius 1 is 1.14 bits per heavy atom. The lowest BCUT2D eigenvalue weighted by Crippen LogP contribution is -2.51. The lowest BCUT2D eigenvalue weighted by molar-refractivity contribution is 0.147. The van der Waals surface area contributed by atoms with Crippen LogP contribution in [0.4, 0.5) is 5.82 Å². The topological polar surface area (TPSA) is 43.2 Å². The van der Waals surface area contributed by atoms with Crippen LogP contribution in [0.15, 0.2) is 12.3 Å². The number of hydrogen-bond acceptors (Lipinski definition) is 4. The van der Waals surface area contributed by atoms with Crippen LogP contribution in [0, 0.1) is 11.3 Å². The lowest BCUT2D eigenvalue weighted by Gasteiger charge is -2.41. The number of hydrogen-bond donors (Lipinski definition) is 0. The zero-order chi connectivity index (χ0) is 14.7. The predicted octanol–water partition coefficient (Wildman–Crippen LogP) is 3.06. The van der Waals surface area contributed by atoms with E-state index in [2.05, 4.69) is 20.9 Å². The summed E-state index contributed by atoms with van der Waals surface area (Å²) >= 11 is 6.26. The molecule has 0 bridgehead atoms. The summed E-state index contributed by atoms with van der Waals surface area (Å²) in [4.78, 5) is 9.23. The van der Waals surface area contributed by atoms with Crippen molar-refractivity contribution in [2.45, 2.75) is 38.1 Å². The second-order valence-electron chi connectivity index (χ2n) is 5.96. The molecule has 0 spiro atoms. The Labute approximate surface area is 131 Å². The van der Waals surface area contributed by atoms with Gasteiger partial charge in [-0.3, -0.25) is 4.90 Å². The van der Waals surface area contributed by atoms with E-state index < -0.39 is 0 Å². The summed E-state index contributed by atoms with van der Waals surface area (Å²) in [6.45, 7) is 4.11. The Hall–Kier alpha value is -1.31. The third kappa shape index (κ3) is 3.30. The summed E-state index contributed by atoms with van der Waals surface area (Å²) in [5, 5.41) is 9.46. The van der Waals surface area contributed by atoms with Crippen LogP contribution in [-0.2, 0) is 0 Å². The molecular formula is C16H21ClN4. The van der Waals surface area contributed by atoms with Crippen molar-refractivity contribution in [3.05, 3.63) is 22.8 Å². The van der Waals surface area contributed by atoms with Crippen LogP contribution in [0.3, 0.4) is 0 Å². The third-order valence-corrected chi connectivity index (χ3v) is 4.93. The molecular weight excluding hydrogens is 284 g/mol. The maximum Gasteiger partial charge on any atom is 0.147 e. The molecule has 0 amide bonds. The molecule has 1 aromatic heterocycles. The Morgan fingerprint density at radius 3 is 2.48 bits per heavy atom. The van der Waals surface area contributed by atoms with Crippen molar-refractivity contribution >= 4 is 17.4 Å². The quantitative estimate of drug-likeness (QED) is 0.842. The van der Waals surface area contributed by atoms with Gasteiger partial charge in [-0.25, -0.2) is 4.98 Å². The van der Waals surface area contributed by atoms with Crippen LogP contribution in [0.5, 0.6) is 0 Å². The van der Waals surface area contributed by atoms with Crippen molar-refractivity contribution in [1.82, 2.24) is 9.88 Å². The first kappa shape index (κ1) is 14.6. The predicted molar refractivity (Wildman–Crippen MR) is 84.6 cm³/mol. The van der Waals surface area contributed by atoms with Crippen molar-refractivity contribution in [3.8, 4) is 6.07 Å². The van der Waals surface area contributed by atoms with Crippen LogP contribution in [0.2, 0.25) is 5.02 Å². The van der Waals surface area contributed by atoms with Crippen LogP contribution in [0.25, 0.3) is 0 Å². The van der Waals surface area contributed by atoms with E-state index in [1.165, 1.54) is 32.1 Å². The Balaban J connectivity index is 1.61. The summed E-state index contributed by atoms with van der Waals surface area (Å²) in [6, 6.07) is 4.56. The highest BCUT2D eigenvalue weighted by molar-refractivity contribution is 6.33. The van der Waals surface area contributed by atoms with Crippen molar-refractivity contribution in [1.29, 1.82) is 5.26 Å². The van der Waals surface area contributed by atoms with E-state index in [9.17, 15) is 0 Å². The smallest absolute Gasteiger partial charge is 0.147 e. The zero-order valence-corrected chi connectivity index (χ0v) is 13.0. The highest BCUT2D eigenvalue weighted by Gasteiger charge is 2.26. The standard InChI is InChI=1S/C16H21ClN4/c17-15-10-13(11-18)12-19-16(15)21-8-6-20(7-9-21)14-4-2-1-3-5-14/h10,12,14H,1-9H2. The van der Waals surface area contributed by atoms with Crippen LogP contribution in [0.1, 0.15) is 37.7 Å². The maximum absolute atomic E-state index is 8.87. The van der Waals surface area contributed by atoms with Crippen molar-refractivity contribution in [2.75, 3.05) is 31.1 Å². The molecule has 1 saturated heterocycles. The first-order chi connectivity index (χ1) is 10.3. The Bertz CT molecular complexity index is 526. The molecule has 1 aliphatic heterocycles. The molecule has 0 atom stereocenters. The van der Waals surface area contributed by atoms with Gasteiger partial charge < -0.3 is 4.90 Å². The molecule has 1 aromatic rings. The summed E-state index contributed by atoms with van der Waals surface area (Å²) in [6.07, 6.45) is 8.49. The minimum absolute atomic E-state index is 0.518. The third-order valence-electron chi connectivity index (χ3n) is 4.66. The van der Waals surface area contributed by atoms with E-state index in [4.69, 9.17) is 16.9 Å². The van der Waals surface area contributed by atoms with Crippen molar-refractivity contribution in [3.63, 3.8) is 0 Å². The fourth-order valence-electron chi connectivity index (χ4n) is 3.47. The second kappa shape index (κ2) is 6.64. The minimum Gasteiger partial charge on any atom is -0.353 e. The van der Waals surface area contributed by atoms with Gasteiger partial charge in [-0.15, -0.1) is 0 Å². The Kier molecular flexibility index (Phi) is 4.62. The van der Waals surface area contributed by atoms with Gasteiger partial charge in [0.25, 0.3) is 0 Å². The number of anilines is 1. The van der Waals surface area contributed by atoms with Crippen LogP contribution >= 0.6 is 11.6 Å². The SMILES string of the molecule is N#Cc1cnc(N2CCN(C3CCCCC3)CC2)c(Cl)c1. The van der Waals surface area contributed by atoms with E-state index in [1.807, 2.05) is 0 Å². The number of rotatable bonds is 2. The molecule has 2 heterocycles. The molecule has 1 saturated carbocycles. The molecule has 2 fully saturated rings. The summed E-state index contributed by atoms with van der Waals surface area (Å²) in [5.74, 6) is 0.818. The summed E-state index contributed by atoms with van der Waals surface area (Å²) in [5.41, 5.74) is 0.518. The molecule has 3 rings (SSSR count). The first-order valence-electron chi connectivity index (χ1n) is 7.82. The fourth-order valence-corrected chi connectivity index (χ4v) is 3.76. The number of pyridine rings is 1. The van der Waals surface area contributed by atoms with Gasteiger partial charge in [0.05, 0.1) is 10.6 Å². The van der Waals surface area contributed by atoms with Gasteiger partial charge in [-0.05, 0) is 18.9 Å². The average Bonchev–Trinajstić information content (AvgIpc) is 2.56. The van der Waals surface area contributed by atoms with Crippen LogP contribution in [-0.4, -0.2) is 42.1 Å². The second-order valence-corrected chi connectivity index (χ2v) is 6.36. The van der Waals surface area contributed by atoms with Gasteiger partial charge in [0.15, 0.2) is 0 Å². The zero-order valence-electron chi connectivity index (χ0n) is 12.3. The minimum atomic E-state index is 0.518. The van der Waals surface area contributed by atoms with E-state index in [0.717, 1.165) is 38.0 Å². The van der Waals surface area contributed by atoms with Crippen LogP contribution < -0.4 is 4.90 Å². The van der Waals surface area contributed by atoms with Crippen molar-refractivity contribution in [2.24, 2.45) is 0 Å². The van der Waals surface area contributed by atoms with Gasteiger partial charge in [0, 0.05) is 38.4 Å². The largest absolute Gasteiger partial charge is 0.353 e. The van der Waals surface area contributed by atoms with Crippen molar-refractivity contribution < 1.29 is 0 Å². The normalized spacial score (nSPS) is 21.2. The van der Waals surface area contributed by atoms with Gasteiger partial charge in [0.2, 0.25) is 0 Å². The highest BCUT2D eigenvalue weighted by Crippen LogP contribution is 2.27. The average molecular weight is 305 g/mol. The Morgan fingerprint density at radius 2 is 1.86 bits per heavy atom. The molecule has 5 heteroatoms.